The van der Waals surface area contributed by atoms with Gasteiger partial charge in [-0.1, -0.05) is 0 Å². The standard InChI is InChI=1S/C11H15BrN4S/c1-8(7-17-3)15(2)11-10-13-4-5-16(10)6-9(12)14-11/h4-6,8H,7H2,1-3H3. The van der Waals surface area contributed by atoms with E-state index < -0.39 is 0 Å². The first-order valence-electron chi connectivity index (χ1n) is 5.34. The van der Waals surface area contributed by atoms with Crippen molar-refractivity contribution in [2.24, 2.45) is 0 Å². The average molecular weight is 315 g/mol. The van der Waals surface area contributed by atoms with Crippen LogP contribution in [0.3, 0.4) is 0 Å². The number of thioether (sulfide) groups is 1. The summed E-state index contributed by atoms with van der Waals surface area (Å²) >= 11 is 5.27. The van der Waals surface area contributed by atoms with Crippen LogP contribution < -0.4 is 4.90 Å². The van der Waals surface area contributed by atoms with Gasteiger partial charge in [-0.05, 0) is 29.1 Å². The quantitative estimate of drug-likeness (QED) is 0.868. The molecule has 0 aliphatic heterocycles. The molecular formula is C11H15BrN4S. The van der Waals surface area contributed by atoms with Crippen LogP contribution in [0.5, 0.6) is 0 Å². The first-order valence-corrected chi connectivity index (χ1v) is 7.53. The van der Waals surface area contributed by atoms with E-state index in [1.807, 2.05) is 28.6 Å². The monoisotopic (exact) mass is 314 g/mol. The van der Waals surface area contributed by atoms with Crippen LogP contribution in [0.4, 0.5) is 5.82 Å². The summed E-state index contributed by atoms with van der Waals surface area (Å²) in [6.45, 7) is 2.19. The highest BCUT2D eigenvalue weighted by Gasteiger charge is 2.15. The van der Waals surface area contributed by atoms with Crippen LogP contribution in [0.1, 0.15) is 6.92 Å². The van der Waals surface area contributed by atoms with Crippen LogP contribution in [0.25, 0.3) is 5.65 Å². The van der Waals surface area contributed by atoms with Crippen molar-refractivity contribution in [1.29, 1.82) is 0 Å². The largest absolute Gasteiger partial charge is 0.353 e. The van der Waals surface area contributed by atoms with Gasteiger partial charge in [-0.15, -0.1) is 0 Å². The Morgan fingerprint density at radius 3 is 3.06 bits per heavy atom. The Hall–Kier alpha value is -0.750. The van der Waals surface area contributed by atoms with Crippen molar-refractivity contribution in [2.45, 2.75) is 13.0 Å². The Morgan fingerprint density at radius 2 is 2.35 bits per heavy atom. The van der Waals surface area contributed by atoms with E-state index in [1.54, 1.807) is 6.20 Å². The summed E-state index contributed by atoms with van der Waals surface area (Å²) < 4.78 is 2.80. The van der Waals surface area contributed by atoms with Crippen LogP contribution in [0, 0.1) is 0 Å². The van der Waals surface area contributed by atoms with Crippen LogP contribution in [-0.4, -0.2) is 39.5 Å². The minimum absolute atomic E-state index is 0.423. The predicted molar refractivity (Wildman–Crippen MR) is 76.9 cm³/mol. The summed E-state index contributed by atoms with van der Waals surface area (Å²) in [5.74, 6) is 1.98. The number of nitrogens with zero attached hydrogens (tertiary/aromatic N) is 4. The SMILES string of the molecule is CSCC(C)N(C)c1nc(Br)cn2ccnc12. The molecule has 6 heteroatoms. The maximum Gasteiger partial charge on any atom is 0.180 e. The predicted octanol–water partition coefficient (Wildman–Crippen LogP) is 2.68. The molecule has 0 aliphatic carbocycles. The minimum Gasteiger partial charge on any atom is -0.353 e. The molecule has 2 aromatic heterocycles. The van der Waals surface area contributed by atoms with Gasteiger partial charge in [0.25, 0.3) is 0 Å². The molecule has 0 aliphatic rings. The van der Waals surface area contributed by atoms with Crippen LogP contribution in [0.15, 0.2) is 23.2 Å². The highest BCUT2D eigenvalue weighted by Crippen LogP contribution is 2.22. The molecule has 0 bridgehead atoms. The second-order valence-corrected chi connectivity index (χ2v) is 5.68. The summed E-state index contributed by atoms with van der Waals surface area (Å²) in [5.41, 5.74) is 0.892. The smallest absolute Gasteiger partial charge is 0.180 e. The van der Waals surface area contributed by atoms with Crippen molar-refractivity contribution in [3.63, 3.8) is 0 Å². The van der Waals surface area contributed by atoms with Gasteiger partial charge < -0.3 is 9.30 Å². The van der Waals surface area contributed by atoms with Gasteiger partial charge in [0.05, 0.1) is 0 Å². The first kappa shape index (κ1) is 12.7. The van der Waals surface area contributed by atoms with Crippen molar-refractivity contribution in [2.75, 3.05) is 24.0 Å². The molecule has 0 saturated heterocycles. The molecule has 0 radical (unpaired) electrons. The molecule has 0 spiro atoms. The van der Waals surface area contributed by atoms with Gasteiger partial charge in [0, 0.05) is 37.4 Å². The molecule has 4 nitrogen and oxygen atoms in total. The highest BCUT2D eigenvalue weighted by atomic mass is 79.9. The molecule has 0 fully saturated rings. The lowest BCUT2D eigenvalue weighted by Crippen LogP contribution is -2.32. The topological polar surface area (TPSA) is 33.4 Å². The van der Waals surface area contributed by atoms with Gasteiger partial charge in [0.1, 0.15) is 4.60 Å². The molecule has 17 heavy (non-hydrogen) atoms. The molecule has 0 N–H and O–H groups in total. The lowest BCUT2D eigenvalue weighted by molar-refractivity contribution is 0.751. The van der Waals surface area contributed by atoms with Crippen LogP contribution in [0.2, 0.25) is 0 Å². The zero-order valence-electron chi connectivity index (χ0n) is 10.1. The van der Waals surface area contributed by atoms with Crippen molar-refractivity contribution in [3.05, 3.63) is 23.2 Å². The molecule has 0 saturated carbocycles. The van der Waals surface area contributed by atoms with E-state index in [0.717, 1.165) is 21.8 Å². The third kappa shape index (κ3) is 2.57. The Kier molecular flexibility index (Phi) is 3.93. The number of hydrogen-bond donors (Lipinski definition) is 0. The van der Waals surface area contributed by atoms with Crippen LogP contribution in [-0.2, 0) is 0 Å². The van der Waals surface area contributed by atoms with Crippen molar-refractivity contribution in [1.82, 2.24) is 14.4 Å². The van der Waals surface area contributed by atoms with Crippen molar-refractivity contribution in [3.8, 4) is 0 Å². The third-order valence-corrected chi connectivity index (χ3v) is 3.93. The van der Waals surface area contributed by atoms with Gasteiger partial charge >= 0.3 is 0 Å². The normalized spacial score (nSPS) is 12.9. The van der Waals surface area contributed by atoms with E-state index in [9.17, 15) is 0 Å². The van der Waals surface area contributed by atoms with Gasteiger partial charge in [-0.25, -0.2) is 9.97 Å². The fourth-order valence-electron chi connectivity index (χ4n) is 1.68. The number of fused-ring (bicyclic) bond motifs is 1. The molecule has 0 aromatic carbocycles. The lowest BCUT2D eigenvalue weighted by atomic mass is 10.3. The van der Waals surface area contributed by atoms with E-state index in [1.165, 1.54) is 0 Å². The summed E-state index contributed by atoms with van der Waals surface area (Å²) in [5, 5.41) is 0. The van der Waals surface area contributed by atoms with E-state index >= 15 is 0 Å². The van der Waals surface area contributed by atoms with Gasteiger partial charge in [0.15, 0.2) is 11.5 Å². The average Bonchev–Trinajstić information content (AvgIpc) is 2.75. The number of halogens is 1. The lowest BCUT2D eigenvalue weighted by Gasteiger charge is -2.25. The zero-order valence-corrected chi connectivity index (χ0v) is 12.5. The Labute approximate surface area is 114 Å². The minimum atomic E-state index is 0.423. The Bertz CT molecular complexity index is 513. The Balaban J connectivity index is 2.43. The summed E-state index contributed by atoms with van der Waals surface area (Å²) in [7, 11) is 2.06. The molecule has 2 aromatic rings. The number of rotatable bonds is 4. The summed E-state index contributed by atoms with van der Waals surface area (Å²) in [4.78, 5) is 11.1. The summed E-state index contributed by atoms with van der Waals surface area (Å²) in [6.07, 6.45) is 7.75. The fourth-order valence-corrected chi connectivity index (χ4v) is 2.78. The molecule has 2 rings (SSSR count). The second kappa shape index (κ2) is 5.27. The van der Waals surface area contributed by atoms with E-state index in [0.29, 0.717) is 6.04 Å². The van der Waals surface area contributed by atoms with E-state index in [2.05, 4.69) is 51.0 Å². The zero-order chi connectivity index (χ0) is 12.4. The summed E-state index contributed by atoms with van der Waals surface area (Å²) in [6, 6.07) is 0.423. The highest BCUT2D eigenvalue weighted by molar-refractivity contribution is 9.10. The number of imidazole rings is 1. The maximum absolute atomic E-state index is 4.53. The Morgan fingerprint density at radius 1 is 1.59 bits per heavy atom. The van der Waals surface area contributed by atoms with Crippen molar-refractivity contribution >= 4 is 39.2 Å². The molecule has 1 atom stereocenters. The first-order chi connectivity index (χ1) is 8.13. The molecule has 1 unspecified atom stereocenters. The third-order valence-electron chi connectivity index (χ3n) is 2.73. The van der Waals surface area contributed by atoms with Gasteiger partial charge in [-0.3, -0.25) is 0 Å². The van der Waals surface area contributed by atoms with Crippen molar-refractivity contribution < 1.29 is 0 Å². The second-order valence-electron chi connectivity index (χ2n) is 3.96. The van der Waals surface area contributed by atoms with E-state index in [4.69, 9.17) is 0 Å². The molecular weight excluding hydrogens is 300 g/mol. The van der Waals surface area contributed by atoms with Crippen LogP contribution >= 0.6 is 27.7 Å². The van der Waals surface area contributed by atoms with E-state index in [-0.39, 0.29) is 0 Å². The van der Waals surface area contributed by atoms with Gasteiger partial charge in [-0.2, -0.15) is 11.8 Å². The maximum atomic E-state index is 4.53. The molecule has 0 amide bonds. The number of anilines is 1. The fraction of sp³-hybridized carbons (Fsp3) is 0.455. The number of aromatic nitrogens is 3. The molecule has 92 valence electrons. The van der Waals surface area contributed by atoms with Gasteiger partial charge in [0.2, 0.25) is 0 Å². The molecule has 2 heterocycles. The number of hydrogen-bond acceptors (Lipinski definition) is 4.